The molecule has 1 N–H and O–H groups in total. The van der Waals surface area contributed by atoms with Gasteiger partial charge in [-0.05, 0) is 49.8 Å². The SMILES string of the molecule is CN=C(NCCCCC(F)(F)F)N(C)Cc1ccc(N2CCCCC2)cc1. The summed E-state index contributed by atoms with van der Waals surface area (Å²) in [4.78, 5) is 8.64. The maximum Gasteiger partial charge on any atom is 0.389 e. The van der Waals surface area contributed by atoms with Crippen LogP contribution in [-0.2, 0) is 6.54 Å². The Labute approximate surface area is 160 Å². The minimum atomic E-state index is -4.07. The fourth-order valence-electron chi connectivity index (χ4n) is 3.35. The lowest BCUT2D eigenvalue weighted by Crippen LogP contribution is -2.38. The van der Waals surface area contributed by atoms with Crippen molar-refractivity contribution >= 4 is 11.6 Å². The number of benzene rings is 1. The topological polar surface area (TPSA) is 30.9 Å². The summed E-state index contributed by atoms with van der Waals surface area (Å²) < 4.78 is 36.5. The van der Waals surface area contributed by atoms with E-state index in [1.54, 1.807) is 7.05 Å². The Hall–Kier alpha value is -1.92. The molecule has 4 nitrogen and oxygen atoms in total. The molecule has 0 unspecified atom stereocenters. The smallest absolute Gasteiger partial charge is 0.372 e. The third-order valence-corrected chi connectivity index (χ3v) is 4.82. The quantitative estimate of drug-likeness (QED) is 0.429. The highest BCUT2D eigenvalue weighted by molar-refractivity contribution is 5.79. The predicted octanol–water partition coefficient (Wildman–Crippen LogP) is 4.42. The zero-order valence-corrected chi connectivity index (χ0v) is 16.4. The van der Waals surface area contributed by atoms with Crippen molar-refractivity contribution in [1.82, 2.24) is 10.2 Å². The molecule has 0 spiro atoms. The number of rotatable bonds is 7. The lowest BCUT2D eigenvalue weighted by atomic mass is 10.1. The number of hydrogen-bond donors (Lipinski definition) is 1. The number of aliphatic imine (C=N–C) groups is 1. The summed E-state index contributed by atoms with van der Waals surface area (Å²) in [6.07, 6.45) is -0.357. The molecule has 0 atom stereocenters. The van der Waals surface area contributed by atoms with Crippen LogP contribution >= 0.6 is 0 Å². The molecule has 7 heteroatoms. The first-order valence-electron chi connectivity index (χ1n) is 9.71. The van der Waals surface area contributed by atoms with Crippen molar-refractivity contribution in [3.8, 4) is 0 Å². The van der Waals surface area contributed by atoms with Gasteiger partial charge in [0.15, 0.2) is 5.96 Å². The number of hydrogen-bond acceptors (Lipinski definition) is 2. The van der Waals surface area contributed by atoms with E-state index in [1.165, 1.54) is 30.5 Å². The van der Waals surface area contributed by atoms with E-state index in [-0.39, 0.29) is 6.42 Å². The van der Waals surface area contributed by atoms with Gasteiger partial charge in [-0.3, -0.25) is 4.99 Å². The molecule has 0 amide bonds. The van der Waals surface area contributed by atoms with E-state index in [2.05, 4.69) is 39.5 Å². The van der Waals surface area contributed by atoms with Crippen LogP contribution in [0.5, 0.6) is 0 Å². The Kier molecular flexibility index (Phi) is 8.25. The molecule has 1 fully saturated rings. The van der Waals surface area contributed by atoms with Gasteiger partial charge in [0, 0.05) is 52.4 Å². The van der Waals surface area contributed by atoms with Gasteiger partial charge in [0.05, 0.1) is 0 Å². The van der Waals surface area contributed by atoms with Crippen LogP contribution in [0.15, 0.2) is 29.3 Å². The summed E-state index contributed by atoms with van der Waals surface area (Å²) in [5.74, 6) is 0.696. The number of halogens is 3. The van der Waals surface area contributed by atoms with Crippen molar-refractivity contribution in [2.24, 2.45) is 4.99 Å². The summed E-state index contributed by atoms with van der Waals surface area (Å²) in [5.41, 5.74) is 2.45. The van der Waals surface area contributed by atoms with Crippen molar-refractivity contribution in [2.75, 3.05) is 38.6 Å². The van der Waals surface area contributed by atoms with Crippen molar-refractivity contribution in [1.29, 1.82) is 0 Å². The average Bonchev–Trinajstić information content (AvgIpc) is 2.65. The van der Waals surface area contributed by atoms with Crippen LogP contribution in [-0.4, -0.2) is 50.8 Å². The van der Waals surface area contributed by atoms with E-state index in [9.17, 15) is 13.2 Å². The van der Waals surface area contributed by atoms with Gasteiger partial charge in [-0.15, -0.1) is 0 Å². The molecule has 0 radical (unpaired) electrons. The molecular formula is C20H31F3N4. The molecule has 1 aromatic rings. The largest absolute Gasteiger partial charge is 0.389 e. The maximum atomic E-state index is 12.2. The van der Waals surface area contributed by atoms with E-state index in [1.807, 2.05) is 11.9 Å². The van der Waals surface area contributed by atoms with Crippen LogP contribution in [0.1, 0.15) is 44.1 Å². The van der Waals surface area contributed by atoms with Crippen LogP contribution in [0.3, 0.4) is 0 Å². The van der Waals surface area contributed by atoms with Gasteiger partial charge >= 0.3 is 6.18 Å². The van der Waals surface area contributed by atoms with Gasteiger partial charge in [-0.25, -0.2) is 0 Å². The third kappa shape index (κ3) is 7.69. The monoisotopic (exact) mass is 384 g/mol. The zero-order chi connectivity index (χ0) is 19.7. The first-order valence-corrected chi connectivity index (χ1v) is 9.71. The Bertz CT molecular complexity index is 578. The van der Waals surface area contributed by atoms with Crippen LogP contribution in [0.4, 0.5) is 18.9 Å². The molecular weight excluding hydrogens is 353 g/mol. The fraction of sp³-hybridized carbons (Fsp3) is 0.650. The Morgan fingerprint density at radius 3 is 2.37 bits per heavy atom. The number of nitrogens with one attached hydrogen (secondary N) is 1. The molecule has 0 aliphatic carbocycles. The van der Waals surface area contributed by atoms with Crippen LogP contribution in [0.2, 0.25) is 0 Å². The first-order chi connectivity index (χ1) is 12.9. The van der Waals surface area contributed by atoms with Gasteiger partial charge in [-0.2, -0.15) is 13.2 Å². The molecule has 0 bridgehead atoms. The second kappa shape index (κ2) is 10.4. The molecule has 0 saturated carbocycles. The molecule has 1 aliphatic heterocycles. The average molecular weight is 384 g/mol. The third-order valence-electron chi connectivity index (χ3n) is 4.82. The summed E-state index contributed by atoms with van der Waals surface area (Å²) in [6, 6.07) is 8.61. The summed E-state index contributed by atoms with van der Waals surface area (Å²) >= 11 is 0. The normalized spacial score (nSPS) is 15.7. The molecule has 1 aliphatic rings. The number of nitrogens with zero attached hydrogens (tertiary/aromatic N) is 3. The summed E-state index contributed by atoms with van der Waals surface area (Å²) in [5, 5.41) is 3.14. The number of alkyl halides is 3. The van der Waals surface area contributed by atoms with E-state index >= 15 is 0 Å². The minimum Gasteiger partial charge on any atom is -0.372 e. The van der Waals surface area contributed by atoms with Gasteiger partial charge < -0.3 is 15.1 Å². The molecule has 1 saturated heterocycles. The molecule has 0 aromatic heterocycles. The second-order valence-electron chi connectivity index (χ2n) is 7.12. The number of guanidine groups is 1. The van der Waals surface area contributed by atoms with E-state index in [0.29, 0.717) is 25.5 Å². The van der Waals surface area contributed by atoms with Gasteiger partial charge in [-0.1, -0.05) is 12.1 Å². The Morgan fingerprint density at radius 2 is 1.78 bits per heavy atom. The highest BCUT2D eigenvalue weighted by atomic mass is 19.4. The van der Waals surface area contributed by atoms with Crippen molar-refractivity contribution < 1.29 is 13.2 Å². The van der Waals surface area contributed by atoms with Gasteiger partial charge in [0.2, 0.25) is 0 Å². The van der Waals surface area contributed by atoms with Crippen molar-refractivity contribution in [3.05, 3.63) is 29.8 Å². The highest BCUT2D eigenvalue weighted by Crippen LogP contribution is 2.22. The number of unbranched alkanes of at least 4 members (excludes halogenated alkanes) is 1. The first kappa shape index (κ1) is 21.4. The highest BCUT2D eigenvalue weighted by Gasteiger charge is 2.25. The van der Waals surface area contributed by atoms with Crippen LogP contribution in [0, 0.1) is 0 Å². The molecule has 1 heterocycles. The molecule has 152 valence electrons. The van der Waals surface area contributed by atoms with E-state index in [4.69, 9.17) is 0 Å². The van der Waals surface area contributed by atoms with Crippen molar-refractivity contribution in [3.63, 3.8) is 0 Å². The lowest BCUT2D eigenvalue weighted by Gasteiger charge is -2.29. The van der Waals surface area contributed by atoms with Crippen molar-refractivity contribution in [2.45, 2.75) is 51.2 Å². The van der Waals surface area contributed by atoms with E-state index < -0.39 is 12.6 Å². The zero-order valence-electron chi connectivity index (χ0n) is 16.4. The Balaban J connectivity index is 1.77. The van der Waals surface area contributed by atoms with Gasteiger partial charge in [0.25, 0.3) is 0 Å². The van der Waals surface area contributed by atoms with Gasteiger partial charge in [0.1, 0.15) is 0 Å². The Morgan fingerprint density at radius 1 is 1.11 bits per heavy atom. The lowest BCUT2D eigenvalue weighted by molar-refractivity contribution is -0.135. The van der Waals surface area contributed by atoms with E-state index in [0.717, 1.165) is 13.1 Å². The maximum absolute atomic E-state index is 12.2. The fourth-order valence-corrected chi connectivity index (χ4v) is 3.35. The second-order valence-corrected chi connectivity index (χ2v) is 7.12. The number of anilines is 1. The molecule has 2 rings (SSSR count). The summed E-state index contributed by atoms with van der Waals surface area (Å²) in [6.45, 7) is 3.44. The van der Waals surface area contributed by atoms with Crippen LogP contribution < -0.4 is 10.2 Å². The molecule has 1 aromatic carbocycles. The summed E-state index contributed by atoms with van der Waals surface area (Å²) in [7, 11) is 3.62. The van der Waals surface area contributed by atoms with Crippen LogP contribution in [0.25, 0.3) is 0 Å². The predicted molar refractivity (Wildman–Crippen MR) is 105 cm³/mol. The standard InChI is InChI=1S/C20H31F3N4/c1-24-19(25-13-5-4-12-20(21,22)23)26(2)16-17-8-10-18(11-9-17)27-14-6-3-7-15-27/h8-11H,3-7,12-16H2,1-2H3,(H,24,25). The minimum absolute atomic E-state index is 0.134. The molecule has 27 heavy (non-hydrogen) atoms. The number of piperidine rings is 1.